The lowest BCUT2D eigenvalue weighted by Gasteiger charge is -2.21. The number of aliphatic hydroxyl groups is 2. The Balaban J connectivity index is 1.56. The Kier molecular flexibility index (Phi) is 5.87. The van der Waals surface area contributed by atoms with Crippen LogP contribution in [0.2, 0.25) is 0 Å². The molecular formula is C18H24N2O6. The fraction of sp³-hybridized carbons (Fsp3) is 0.556. The predicted octanol–water partition coefficient (Wildman–Crippen LogP) is -0.782. The van der Waals surface area contributed by atoms with Crippen molar-refractivity contribution in [1.29, 1.82) is 0 Å². The van der Waals surface area contributed by atoms with E-state index in [1.165, 1.54) is 7.11 Å². The van der Waals surface area contributed by atoms with Gasteiger partial charge in [-0.25, -0.2) is 0 Å². The van der Waals surface area contributed by atoms with Gasteiger partial charge in [-0.05, 0) is 18.1 Å². The highest BCUT2D eigenvalue weighted by Crippen LogP contribution is 2.30. The van der Waals surface area contributed by atoms with Crippen LogP contribution in [0.3, 0.4) is 0 Å². The molecule has 0 spiro atoms. The van der Waals surface area contributed by atoms with Crippen molar-refractivity contribution in [3.05, 3.63) is 29.8 Å². The molecule has 0 bridgehead atoms. The summed E-state index contributed by atoms with van der Waals surface area (Å²) in [6.07, 6.45) is -3.16. The van der Waals surface area contributed by atoms with Crippen molar-refractivity contribution in [3.8, 4) is 0 Å². The summed E-state index contributed by atoms with van der Waals surface area (Å²) in [7, 11) is 1.41. The first kappa shape index (κ1) is 18.8. The van der Waals surface area contributed by atoms with E-state index in [2.05, 4.69) is 5.32 Å². The number of nitrogens with zero attached hydrogens (tertiary/aromatic N) is 1. The molecule has 4 atom stereocenters. The van der Waals surface area contributed by atoms with E-state index in [0.29, 0.717) is 6.54 Å². The summed E-state index contributed by atoms with van der Waals surface area (Å²) in [5.41, 5.74) is 2.00. The normalized spacial score (nSPS) is 27.4. The van der Waals surface area contributed by atoms with Crippen molar-refractivity contribution < 1.29 is 29.3 Å². The number of aliphatic hydroxyl groups excluding tert-OH is 2. The van der Waals surface area contributed by atoms with Crippen LogP contribution in [-0.4, -0.2) is 73.2 Å². The predicted molar refractivity (Wildman–Crippen MR) is 92.7 cm³/mol. The number of nitrogens with one attached hydrogen (secondary N) is 1. The minimum Gasteiger partial charge on any atom is -0.388 e. The Bertz CT molecular complexity index is 667. The van der Waals surface area contributed by atoms with E-state index < -0.39 is 24.4 Å². The first-order valence-electron chi connectivity index (χ1n) is 8.66. The minimum absolute atomic E-state index is 0.0327. The van der Waals surface area contributed by atoms with Crippen LogP contribution in [0, 0.1) is 0 Å². The largest absolute Gasteiger partial charge is 0.388 e. The number of anilines is 1. The van der Waals surface area contributed by atoms with Gasteiger partial charge in [0.15, 0.2) is 0 Å². The van der Waals surface area contributed by atoms with Gasteiger partial charge in [-0.15, -0.1) is 0 Å². The van der Waals surface area contributed by atoms with Crippen molar-refractivity contribution in [2.75, 3.05) is 31.7 Å². The molecule has 1 fully saturated rings. The number of hydrogen-bond donors (Lipinski definition) is 3. The van der Waals surface area contributed by atoms with Crippen LogP contribution in [-0.2, 0) is 25.5 Å². The molecule has 8 heteroatoms. The Labute approximate surface area is 151 Å². The van der Waals surface area contributed by atoms with Gasteiger partial charge in [0.25, 0.3) is 0 Å². The van der Waals surface area contributed by atoms with E-state index >= 15 is 0 Å². The lowest BCUT2D eigenvalue weighted by Crippen LogP contribution is -2.41. The molecule has 1 saturated heterocycles. The molecule has 3 rings (SSSR count). The van der Waals surface area contributed by atoms with E-state index in [0.717, 1.165) is 17.7 Å². The van der Waals surface area contributed by atoms with Crippen LogP contribution in [0.4, 0.5) is 5.69 Å². The zero-order chi connectivity index (χ0) is 18.7. The maximum Gasteiger partial charge on any atom is 0.246 e. The number of carbonyl (C=O) groups excluding carboxylic acids is 2. The van der Waals surface area contributed by atoms with Crippen LogP contribution in [0.5, 0.6) is 0 Å². The van der Waals surface area contributed by atoms with Crippen LogP contribution >= 0.6 is 0 Å². The van der Waals surface area contributed by atoms with Crippen LogP contribution in [0.15, 0.2) is 24.3 Å². The zero-order valence-electron chi connectivity index (χ0n) is 14.6. The molecule has 4 unspecified atom stereocenters. The summed E-state index contributed by atoms with van der Waals surface area (Å²) in [4.78, 5) is 25.8. The van der Waals surface area contributed by atoms with Gasteiger partial charge in [-0.3, -0.25) is 9.59 Å². The molecule has 0 radical (unpaired) electrons. The summed E-state index contributed by atoms with van der Waals surface area (Å²) in [5.74, 6) is -0.499. The van der Waals surface area contributed by atoms with Gasteiger partial charge in [-0.1, -0.05) is 18.2 Å². The topological polar surface area (TPSA) is 108 Å². The van der Waals surface area contributed by atoms with Crippen molar-refractivity contribution in [3.63, 3.8) is 0 Å². The van der Waals surface area contributed by atoms with E-state index in [1.54, 1.807) is 4.90 Å². The SMILES string of the molecule is COCC(=O)NCC1OC(CC(=O)N2CCc3ccccc32)C(O)C1O. The van der Waals surface area contributed by atoms with Gasteiger partial charge < -0.3 is 29.9 Å². The van der Waals surface area contributed by atoms with E-state index in [9.17, 15) is 19.8 Å². The highest BCUT2D eigenvalue weighted by atomic mass is 16.5. The molecule has 2 heterocycles. The smallest absolute Gasteiger partial charge is 0.246 e. The second kappa shape index (κ2) is 8.13. The second-order valence-corrected chi connectivity index (χ2v) is 6.56. The van der Waals surface area contributed by atoms with Gasteiger partial charge in [0.05, 0.1) is 12.5 Å². The van der Waals surface area contributed by atoms with Crippen molar-refractivity contribution in [2.45, 2.75) is 37.3 Å². The number of amides is 2. The lowest BCUT2D eigenvalue weighted by molar-refractivity contribution is -0.126. The number of methoxy groups -OCH3 is 1. The summed E-state index contributed by atoms with van der Waals surface area (Å²) in [6.45, 7) is 0.541. The number of hydrogen-bond acceptors (Lipinski definition) is 6. The summed E-state index contributed by atoms with van der Waals surface area (Å²) in [6, 6.07) is 7.71. The van der Waals surface area contributed by atoms with E-state index in [1.807, 2.05) is 24.3 Å². The molecule has 2 aliphatic heterocycles. The maximum atomic E-state index is 12.6. The van der Waals surface area contributed by atoms with E-state index in [-0.39, 0.29) is 31.4 Å². The molecule has 1 aromatic carbocycles. The molecule has 3 N–H and O–H groups in total. The summed E-state index contributed by atoms with van der Waals surface area (Å²) < 4.78 is 10.3. The Morgan fingerprint density at radius 3 is 2.77 bits per heavy atom. The van der Waals surface area contributed by atoms with Crippen LogP contribution < -0.4 is 10.2 Å². The molecule has 0 aromatic heterocycles. The van der Waals surface area contributed by atoms with Gasteiger partial charge in [0.2, 0.25) is 11.8 Å². The number of fused-ring (bicyclic) bond motifs is 1. The monoisotopic (exact) mass is 364 g/mol. The highest BCUT2D eigenvalue weighted by molar-refractivity contribution is 5.95. The van der Waals surface area contributed by atoms with Crippen molar-refractivity contribution >= 4 is 17.5 Å². The number of ether oxygens (including phenoxy) is 2. The van der Waals surface area contributed by atoms with Crippen LogP contribution in [0.1, 0.15) is 12.0 Å². The third kappa shape index (κ3) is 3.88. The third-order valence-corrected chi connectivity index (χ3v) is 4.80. The third-order valence-electron chi connectivity index (χ3n) is 4.80. The standard InChI is InChI=1S/C18H24N2O6/c1-25-10-15(21)19-9-14-18(24)17(23)13(26-14)8-16(22)20-7-6-11-4-2-3-5-12(11)20/h2-5,13-14,17-18,23-24H,6-10H2,1H3,(H,19,21). The number of rotatable bonds is 6. The first-order chi connectivity index (χ1) is 12.5. The molecule has 2 amide bonds. The van der Waals surface area contributed by atoms with Gasteiger partial charge >= 0.3 is 0 Å². The molecule has 26 heavy (non-hydrogen) atoms. The Morgan fingerprint density at radius 1 is 1.27 bits per heavy atom. The molecule has 142 valence electrons. The average molecular weight is 364 g/mol. The highest BCUT2D eigenvalue weighted by Gasteiger charge is 2.44. The summed E-state index contributed by atoms with van der Waals surface area (Å²) in [5, 5.41) is 22.9. The Morgan fingerprint density at radius 2 is 2.00 bits per heavy atom. The van der Waals surface area contributed by atoms with Gasteiger partial charge in [-0.2, -0.15) is 0 Å². The number of carbonyl (C=O) groups is 2. The lowest BCUT2D eigenvalue weighted by atomic mass is 10.0. The van der Waals surface area contributed by atoms with E-state index in [4.69, 9.17) is 9.47 Å². The summed E-state index contributed by atoms with van der Waals surface area (Å²) >= 11 is 0. The van der Waals surface area contributed by atoms with Crippen LogP contribution in [0.25, 0.3) is 0 Å². The molecule has 0 saturated carbocycles. The fourth-order valence-electron chi connectivity index (χ4n) is 3.44. The average Bonchev–Trinajstić information content (AvgIpc) is 3.17. The molecule has 1 aromatic rings. The molecule has 8 nitrogen and oxygen atoms in total. The first-order valence-corrected chi connectivity index (χ1v) is 8.66. The zero-order valence-corrected chi connectivity index (χ0v) is 14.6. The Hall–Kier alpha value is -2.00. The number of para-hydroxylation sites is 1. The number of benzene rings is 1. The van der Waals surface area contributed by atoms with Gasteiger partial charge in [0, 0.05) is 25.9 Å². The second-order valence-electron chi connectivity index (χ2n) is 6.56. The van der Waals surface area contributed by atoms with Gasteiger partial charge in [0.1, 0.15) is 24.9 Å². The van der Waals surface area contributed by atoms with Crippen molar-refractivity contribution in [2.24, 2.45) is 0 Å². The van der Waals surface area contributed by atoms with Crippen molar-refractivity contribution in [1.82, 2.24) is 5.32 Å². The maximum absolute atomic E-state index is 12.6. The molecule has 2 aliphatic rings. The molecule has 0 aliphatic carbocycles. The quantitative estimate of drug-likeness (QED) is 0.611. The molecular weight excluding hydrogens is 340 g/mol. The minimum atomic E-state index is -1.18. The fourth-order valence-corrected chi connectivity index (χ4v) is 3.44.